The van der Waals surface area contributed by atoms with Crippen LogP contribution in [-0.4, -0.2) is 31.4 Å². The molecule has 0 radical (unpaired) electrons. The van der Waals surface area contributed by atoms with Gasteiger partial charge >= 0.3 is 0 Å². The molecule has 22 heavy (non-hydrogen) atoms. The van der Waals surface area contributed by atoms with Crippen molar-refractivity contribution < 1.29 is 9.90 Å². The molecule has 114 valence electrons. The number of aromatic hydroxyl groups is 1. The zero-order valence-electron chi connectivity index (χ0n) is 11.6. The van der Waals surface area contributed by atoms with Crippen LogP contribution in [0, 0.1) is 6.92 Å². The molecule has 0 spiro atoms. The van der Waals surface area contributed by atoms with Gasteiger partial charge in [0, 0.05) is 11.8 Å². The fourth-order valence-corrected chi connectivity index (χ4v) is 2.63. The highest BCUT2D eigenvalue weighted by Crippen LogP contribution is 2.37. The summed E-state index contributed by atoms with van der Waals surface area (Å²) in [6.45, 7) is 1.69. The van der Waals surface area contributed by atoms with E-state index in [1.165, 1.54) is 23.2 Å². The number of rotatable bonds is 3. The molecule has 1 aliphatic heterocycles. The molecule has 0 unspecified atom stereocenters. The number of carbonyl (C=O) groups excluding carboxylic acids is 1. The van der Waals surface area contributed by atoms with E-state index in [9.17, 15) is 14.7 Å². The molecule has 3 rings (SSSR count). The van der Waals surface area contributed by atoms with E-state index in [0.717, 1.165) is 0 Å². The van der Waals surface area contributed by atoms with Crippen molar-refractivity contribution in [2.45, 2.75) is 18.5 Å². The van der Waals surface area contributed by atoms with Crippen LogP contribution in [0.2, 0.25) is 0 Å². The van der Waals surface area contributed by atoms with Gasteiger partial charge in [0.25, 0.3) is 5.56 Å². The summed E-state index contributed by atoms with van der Waals surface area (Å²) in [7, 11) is 0. The minimum Gasteiger partial charge on any atom is -0.508 e. The molecule has 0 amide bonds. The fourth-order valence-electron chi connectivity index (χ4n) is 2.35. The molecule has 2 atom stereocenters. The maximum absolute atomic E-state index is 12.0. The number of carbonyl (C=O) groups is 1. The Hall–Kier alpha value is -2.38. The number of nitrogens with one attached hydrogen (secondary N) is 2. The van der Waals surface area contributed by atoms with E-state index in [1.807, 2.05) is 0 Å². The third-order valence-corrected chi connectivity index (χ3v) is 3.74. The summed E-state index contributed by atoms with van der Waals surface area (Å²) in [4.78, 5) is 30.1. The normalized spacial score (nSPS) is 21.5. The summed E-state index contributed by atoms with van der Waals surface area (Å²) >= 11 is 6.01. The van der Waals surface area contributed by atoms with Crippen LogP contribution < -0.4 is 11.0 Å². The van der Waals surface area contributed by atoms with Gasteiger partial charge in [0.2, 0.25) is 5.95 Å². The first kappa shape index (κ1) is 14.6. The van der Waals surface area contributed by atoms with Crippen molar-refractivity contribution in [3.8, 4) is 5.75 Å². The van der Waals surface area contributed by atoms with Gasteiger partial charge in [0.05, 0.1) is 0 Å². The second kappa shape index (κ2) is 5.43. The fraction of sp³-hybridized carbons (Fsp3) is 0.214. The van der Waals surface area contributed by atoms with Gasteiger partial charge in [-0.15, -0.1) is 0 Å². The van der Waals surface area contributed by atoms with Gasteiger partial charge in [-0.05, 0) is 24.6 Å². The summed E-state index contributed by atoms with van der Waals surface area (Å²) < 4.78 is 0. The monoisotopic (exact) mass is 320 g/mol. The molecule has 3 N–H and O–H groups in total. The molecular weight excluding hydrogens is 308 g/mol. The van der Waals surface area contributed by atoms with E-state index in [2.05, 4.69) is 15.4 Å². The van der Waals surface area contributed by atoms with E-state index in [0.29, 0.717) is 11.3 Å². The minimum absolute atomic E-state index is 0.0605. The number of H-pyrrole nitrogens is 1. The van der Waals surface area contributed by atoms with Crippen LogP contribution in [-0.2, 0) is 4.79 Å². The Kier molecular flexibility index (Phi) is 3.59. The molecule has 1 aromatic carbocycles. The van der Waals surface area contributed by atoms with Gasteiger partial charge in [-0.2, -0.15) is 5.01 Å². The number of ketones is 1. The number of anilines is 1. The Morgan fingerprint density at radius 1 is 1.36 bits per heavy atom. The van der Waals surface area contributed by atoms with Crippen molar-refractivity contribution in [1.29, 1.82) is 0 Å². The van der Waals surface area contributed by atoms with Crippen molar-refractivity contribution in [3.63, 3.8) is 0 Å². The molecule has 2 aromatic rings. The summed E-state index contributed by atoms with van der Waals surface area (Å²) in [5.74, 6) is 0.0634. The van der Waals surface area contributed by atoms with Crippen molar-refractivity contribution in [1.82, 2.24) is 15.0 Å². The van der Waals surface area contributed by atoms with Crippen LogP contribution in [0.25, 0.3) is 0 Å². The Bertz CT molecular complexity index is 792. The number of Topliss-reactive ketones (excluding diaryl/α,β-unsaturated/α-hetero) is 1. The number of phenolic OH excluding ortho intramolecular Hbond substituents is 1. The van der Waals surface area contributed by atoms with Crippen LogP contribution in [0.1, 0.15) is 17.3 Å². The lowest BCUT2D eigenvalue weighted by Gasteiger charge is -2.43. The van der Waals surface area contributed by atoms with E-state index >= 15 is 0 Å². The zero-order valence-corrected chi connectivity index (χ0v) is 12.3. The van der Waals surface area contributed by atoms with E-state index < -0.39 is 11.5 Å². The average molecular weight is 321 g/mol. The molecule has 0 aliphatic carbocycles. The zero-order chi connectivity index (χ0) is 15.9. The Morgan fingerprint density at radius 2 is 2.14 bits per heavy atom. The third kappa shape index (κ3) is 2.56. The smallest absolute Gasteiger partial charge is 0.252 e. The molecule has 7 nitrogen and oxygen atoms in total. The van der Waals surface area contributed by atoms with Gasteiger partial charge in [-0.25, -0.2) is 4.98 Å². The number of halogens is 1. The number of alkyl halides is 1. The number of benzene rings is 1. The van der Waals surface area contributed by atoms with Gasteiger partial charge in [0.1, 0.15) is 11.8 Å². The van der Waals surface area contributed by atoms with Crippen LogP contribution in [0.4, 0.5) is 5.95 Å². The van der Waals surface area contributed by atoms with Gasteiger partial charge in [-0.1, -0.05) is 23.7 Å². The average Bonchev–Trinajstić information content (AvgIpc) is 2.45. The summed E-state index contributed by atoms with van der Waals surface area (Å²) in [6, 6.07) is 7.07. The van der Waals surface area contributed by atoms with Gasteiger partial charge < -0.3 is 5.11 Å². The quantitative estimate of drug-likeness (QED) is 0.582. The standard InChI is InChI=1S/C14H13ClN4O3/c1-7-5-10(21)17-14(16-7)18-19-11(12(22)13(19)15)8-3-2-4-9(20)6-8/h2-6,11,13,20H,1H3,(H2,16,17,18,21)/t11-,13+/m0/s1. The lowest BCUT2D eigenvalue weighted by atomic mass is 9.95. The second-order valence-corrected chi connectivity index (χ2v) is 5.40. The van der Waals surface area contributed by atoms with Crippen molar-refractivity contribution >= 4 is 23.3 Å². The summed E-state index contributed by atoms with van der Waals surface area (Å²) in [5.41, 5.74) is 2.80. The number of aryl methyl sites for hydroxylation is 1. The first-order chi connectivity index (χ1) is 10.5. The maximum atomic E-state index is 12.0. The first-order valence-electron chi connectivity index (χ1n) is 6.55. The van der Waals surface area contributed by atoms with E-state index in [4.69, 9.17) is 11.6 Å². The second-order valence-electron chi connectivity index (χ2n) is 4.99. The molecule has 1 saturated heterocycles. The summed E-state index contributed by atoms with van der Waals surface area (Å²) in [5, 5.41) is 11.0. The van der Waals surface area contributed by atoms with Crippen molar-refractivity contribution in [2.75, 3.05) is 5.43 Å². The maximum Gasteiger partial charge on any atom is 0.252 e. The van der Waals surface area contributed by atoms with E-state index in [1.54, 1.807) is 19.1 Å². The Morgan fingerprint density at radius 3 is 2.82 bits per heavy atom. The molecule has 0 bridgehead atoms. The molecule has 2 heterocycles. The van der Waals surface area contributed by atoms with Gasteiger partial charge in [-0.3, -0.25) is 20.0 Å². The minimum atomic E-state index is -0.877. The number of hydrogen-bond acceptors (Lipinski definition) is 6. The third-order valence-electron chi connectivity index (χ3n) is 3.32. The SMILES string of the molecule is Cc1cc(=O)[nH]c(NN2[C@@H](c3cccc(O)c3)C(=O)[C@@H]2Cl)n1. The lowest BCUT2D eigenvalue weighted by Crippen LogP contribution is -2.59. The first-order valence-corrected chi connectivity index (χ1v) is 6.99. The molecule has 0 saturated carbocycles. The van der Waals surface area contributed by atoms with Crippen LogP contribution >= 0.6 is 11.6 Å². The molecule has 1 aromatic heterocycles. The predicted octanol–water partition coefficient (Wildman–Crippen LogP) is 1.30. The molecule has 1 aliphatic rings. The number of hydrogen-bond donors (Lipinski definition) is 3. The molecule has 1 fully saturated rings. The number of aromatic amines is 1. The van der Waals surface area contributed by atoms with Crippen molar-refractivity contribution in [2.24, 2.45) is 0 Å². The largest absolute Gasteiger partial charge is 0.508 e. The highest BCUT2D eigenvalue weighted by atomic mass is 35.5. The Labute approximate surface area is 130 Å². The number of nitrogens with zero attached hydrogens (tertiary/aromatic N) is 2. The lowest BCUT2D eigenvalue weighted by molar-refractivity contribution is -0.137. The van der Waals surface area contributed by atoms with E-state index in [-0.39, 0.29) is 23.0 Å². The van der Waals surface area contributed by atoms with Gasteiger partial charge in [0.15, 0.2) is 11.3 Å². The Balaban J connectivity index is 1.88. The molecule has 8 heteroatoms. The highest BCUT2D eigenvalue weighted by Gasteiger charge is 2.48. The molecular formula is C14H13ClN4O3. The number of phenols is 1. The topological polar surface area (TPSA) is 98.3 Å². The van der Waals surface area contributed by atoms with Crippen molar-refractivity contribution in [3.05, 3.63) is 51.9 Å². The van der Waals surface area contributed by atoms with Crippen LogP contribution in [0.5, 0.6) is 5.75 Å². The number of hydrazine groups is 1. The number of aromatic nitrogens is 2. The highest BCUT2D eigenvalue weighted by molar-refractivity contribution is 6.34. The van der Waals surface area contributed by atoms with Crippen LogP contribution in [0.15, 0.2) is 35.1 Å². The predicted molar refractivity (Wildman–Crippen MR) is 80.6 cm³/mol. The summed E-state index contributed by atoms with van der Waals surface area (Å²) in [6.07, 6.45) is 0. The van der Waals surface area contributed by atoms with Crippen LogP contribution in [0.3, 0.4) is 0 Å².